The second kappa shape index (κ2) is 5.09. The number of rotatable bonds is 4. The zero-order valence-corrected chi connectivity index (χ0v) is 7.19. The lowest BCUT2D eigenvalue weighted by Crippen LogP contribution is -2.27. The first-order chi connectivity index (χ1) is 4.20. The van der Waals surface area contributed by atoms with Gasteiger partial charge in [-0.05, 0) is 33.4 Å². The lowest BCUT2D eigenvalue weighted by Gasteiger charge is -2.16. The molecule has 0 aromatic carbocycles. The Hall–Kier alpha value is 0.270. The topological polar surface area (TPSA) is 12.5 Å². The zero-order chi connectivity index (χ0) is 7.28. The van der Waals surface area contributed by atoms with Gasteiger partial charge in [-0.15, -0.1) is 0 Å². The minimum absolute atomic E-state index is 0.221. The molecule has 0 spiro atoms. The average molecular weight is 149 g/mol. The van der Waals surface area contributed by atoms with Crippen molar-refractivity contribution in [3.8, 4) is 0 Å². The van der Waals surface area contributed by atoms with E-state index in [1.807, 2.05) is 6.92 Å². The number of hydrogen-bond acceptors (Lipinski definition) is 3. The molecule has 56 valence electrons. The second-order valence-corrected chi connectivity index (χ2v) is 2.48. The van der Waals surface area contributed by atoms with E-state index in [4.69, 9.17) is 4.18 Å². The summed E-state index contributed by atoms with van der Waals surface area (Å²) in [6.45, 7) is 6.12. The van der Waals surface area contributed by atoms with E-state index in [-0.39, 0.29) is 6.10 Å². The van der Waals surface area contributed by atoms with Crippen molar-refractivity contribution in [1.82, 2.24) is 4.90 Å². The number of thiol groups is 1. The van der Waals surface area contributed by atoms with Crippen LogP contribution in [0.25, 0.3) is 0 Å². The van der Waals surface area contributed by atoms with Crippen LogP contribution in [0.2, 0.25) is 0 Å². The van der Waals surface area contributed by atoms with Crippen molar-refractivity contribution in [2.24, 2.45) is 0 Å². The van der Waals surface area contributed by atoms with Crippen molar-refractivity contribution in [3.63, 3.8) is 0 Å². The van der Waals surface area contributed by atoms with Gasteiger partial charge >= 0.3 is 0 Å². The van der Waals surface area contributed by atoms with Crippen LogP contribution in [-0.4, -0.2) is 31.1 Å². The minimum atomic E-state index is 0.221. The Balaban J connectivity index is 3.22. The normalized spacial score (nSPS) is 14.3. The molecule has 0 bridgehead atoms. The van der Waals surface area contributed by atoms with Gasteiger partial charge in [0.05, 0.1) is 6.10 Å². The maximum Gasteiger partial charge on any atom is 0.0817 e. The lowest BCUT2D eigenvalue weighted by atomic mass is 10.4. The van der Waals surface area contributed by atoms with E-state index in [0.717, 1.165) is 13.1 Å². The summed E-state index contributed by atoms with van der Waals surface area (Å²) >= 11 is 3.70. The van der Waals surface area contributed by atoms with E-state index in [0.29, 0.717) is 0 Å². The largest absolute Gasteiger partial charge is 0.314 e. The maximum absolute atomic E-state index is 4.78. The standard InChI is InChI=1S/C6H15NOS/c1-4-7(3)5-6(2)8-9/h6,9H,4-5H2,1-3H3/t6-/m0/s1. The third-order valence-corrected chi connectivity index (χ3v) is 1.65. The summed E-state index contributed by atoms with van der Waals surface area (Å²) in [5.41, 5.74) is 0. The molecular formula is C6H15NOS. The van der Waals surface area contributed by atoms with Crippen LogP contribution in [0.3, 0.4) is 0 Å². The lowest BCUT2D eigenvalue weighted by molar-refractivity contribution is 0.195. The molecule has 9 heavy (non-hydrogen) atoms. The Kier molecular flexibility index (Phi) is 5.24. The minimum Gasteiger partial charge on any atom is -0.314 e. The maximum atomic E-state index is 4.78. The van der Waals surface area contributed by atoms with Crippen molar-refractivity contribution in [2.45, 2.75) is 20.0 Å². The van der Waals surface area contributed by atoms with Crippen molar-refractivity contribution in [2.75, 3.05) is 20.1 Å². The van der Waals surface area contributed by atoms with Gasteiger partial charge in [0.15, 0.2) is 0 Å². The molecule has 2 nitrogen and oxygen atoms in total. The molecule has 0 aliphatic carbocycles. The van der Waals surface area contributed by atoms with Crippen molar-refractivity contribution >= 4 is 12.9 Å². The first-order valence-corrected chi connectivity index (χ1v) is 3.56. The summed E-state index contributed by atoms with van der Waals surface area (Å²) < 4.78 is 4.78. The van der Waals surface area contributed by atoms with E-state index in [1.54, 1.807) is 0 Å². The molecule has 0 aliphatic heterocycles. The van der Waals surface area contributed by atoms with Gasteiger partial charge in [0.25, 0.3) is 0 Å². The van der Waals surface area contributed by atoms with Crippen LogP contribution in [0.4, 0.5) is 0 Å². The average Bonchev–Trinajstić information content (AvgIpc) is 1.87. The van der Waals surface area contributed by atoms with Gasteiger partial charge in [-0.1, -0.05) is 6.92 Å². The summed E-state index contributed by atoms with van der Waals surface area (Å²) in [6, 6.07) is 0. The smallest absolute Gasteiger partial charge is 0.0817 e. The van der Waals surface area contributed by atoms with Gasteiger partial charge in [0.2, 0.25) is 0 Å². The predicted octanol–water partition coefficient (Wildman–Crippen LogP) is 1.19. The first-order valence-electron chi connectivity index (χ1n) is 3.19. The fraction of sp³-hybridized carbons (Fsp3) is 1.00. The predicted molar refractivity (Wildman–Crippen MR) is 42.7 cm³/mol. The molecule has 0 amide bonds. The summed E-state index contributed by atoms with van der Waals surface area (Å²) in [6.07, 6.45) is 0.221. The van der Waals surface area contributed by atoms with Crippen LogP contribution in [0.5, 0.6) is 0 Å². The zero-order valence-electron chi connectivity index (χ0n) is 6.29. The van der Waals surface area contributed by atoms with E-state index in [9.17, 15) is 0 Å². The van der Waals surface area contributed by atoms with Gasteiger partial charge in [0, 0.05) is 6.54 Å². The van der Waals surface area contributed by atoms with E-state index in [2.05, 4.69) is 31.8 Å². The molecule has 0 saturated heterocycles. The van der Waals surface area contributed by atoms with Crippen molar-refractivity contribution < 1.29 is 4.18 Å². The molecule has 0 aromatic rings. The molecule has 3 heteroatoms. The molecule has 0 radical (unpaired) electrons. The summed E-state index contributed by atoms with van der Waals surface area (Å²) in [4.78, 5) is 2.18. The molecular weight excluding hydrogens is 134 g/mol. The van der Waals surface area contributed by atoms with E-state index in [1.165, 1.54) is 0 Å². The van der Waals surface area contributed by atoms with Crippen LogP contribution in [0, 0.1) is 0 Å². The van der Waals surface area contributed by atoms with Crippen LogP contribution in [-0.2, 0) is 4.18 Å². The number of likely N-dealkylation sites (N-methyl/N-ethyl adjacent to an activating group) is 1. The Morgan fingerprint density at radius 1 is 1.67 bits per heavy atom. The Labute approximate surface area is 62.8 Å². The SMILES string of the molecule is CCN(C)C[C@H](C)OS. The molecule has 1 atom stereocenters. The van der Waals surface area contributed by atoms with Crippen LogP contribution >= 0.6 is 12.9 Å². The van der Waals surface area contributed by atoms with E-state index >= 15 is 0 Å². The van der Waals surface area contributed by atoms with Crippen molar-refractivity contribution in [3.05, 3.63) is 0 Å². The van der Waals surface area contributed by atoms with Crippen molar-refractivity contribution in [1.29, 1.82) is 0 Å². The van der Waals surface area contributed by atoms with Gasteiger partial charge in [0.1, 0.15) is 0 Å². The molecule has 0 unspecified atom stereocenters. The Bertz CT molecular complexity index is 62.1. The highest BCUT2D eigenvalue weighted by atomic mass is 32.1. The third-order valence-electron chi connectivity index (χ3n) is 1.29. The molecule has 0 aromatic heterocycles. The fourth-order valence-corrected chi connectivity index (χ4v) is 0.668. The summed E-state index contributed by atoms with van der Waals surface area (Å²) in [5.74, 6) is 0. The molecule has 0 rings (SSSR count). The molecule has 0 heterocycles. The van der Waals surface area contributed by atoms with Gasteiger partial charge < -0.3 is 9.08 Å². The molecule has 0 saturated carbocycles. The van der Waals surface area contributed by atoms with Crippen LogP contribution < -0.4 is 0 Å². The highest BCUT2D eigenvalue weighted by molar-refractivity contribution is 7.75. The molecule has 0 aliphatic rings. The molecule has 0 fully saturated rings. The third kappa shape index (κ3) is 4.75. The van der Waals surface area contributed by atoms with Gasteiger partial charge in [-0.3, -0.25) is 0 Å². The first kappa shape index (κ1) is 9.27. The monoisotopic (exact) mass is 149 g/mol. The highest BCUT2D eigenvalue weighted by Gasteiger charge is 2.01. The fourth-order valence-electron chi connectivity index (χ4n) is 0.601. The van der Waals surface area contributed by atoms with Gasteiger partial charge in [-0.25, -0.2) is 0 Å². The molecule has 0 N–H and O–H groups in total. The summed E-state index contributed by atoms with van der Waals surface area (Å²) in [7, 11) is 2.06. The summed E-state index contributed by atoms with van der Waals surface area (Å²) in [5, 5.41) is 0. The Morgan fingerprint density at radius 2 is 2.22 bits per heavy atom. The van der Waals surface area contributed by atoms with E-state index < -0.39 is 0 Å². The number of hydrogen-bond donors (Lipinski definition) is 1. The Morgan fingerprint density at radius 3 is 2.56 bits per heavy atom. The van der Waals surface area contributed by atoms with Crippen LogP contribution in [0.15, 0.2) is 0 Å². The van der Waals surface area contributed by atoms with Gasteiger partial charge in [-0.2, -0.15) is 0 Å². The van der Waals surface area contributed by atoms with Crippen LogP contribution in [0.1, 0.15) is 13.8 Å². The quantitative estimate of drug-likeness (QED) is 0.476. The number of nitrogens with zero attached hydrogens (tertiary/aromatic N) is 1. The second-order valence-electron chi connectivity index (χ2n) is 2.27. The highest BCUT2D eigenvalue weighted by Crippen LogP contribution is 1.95.